The molecule has 0 heterocycles. The fourth-order valence-corrected chi connectivity index (χ4v) is 7.69. The number of hydrogen-bond donors (Lipinski definition) is 1. The molecule has 5 heteroatoms. The molecular weight excluding hydrogens is 554 g/mol. The predicted octanol–water partition coefficient (Wildman–Crippen LogP) is 9.98. The largest absolute Gasteiger partial charge is 0.508 e. The van der Waals surface area contributed by atoms with Crippen LogP contribution in [0.2, 0.25) is 10.0 Å². The van der Waals surface area contributed by atoms with Crippen molar-refractivity contribution in [2.75, 3.05) is 0 Å². The van der Waals surface area contributed by atoms with Gasteiger partial charge in [-0.2, -0.15) is 0 Å². The summed E-state index contributed by atoms with van der Waals surface area (Å²) < 4.78 is 6.69. The van der Waals surface area contributed by atoms with Crippen LogP contribution < -0.4 is 9.83 Å². The van der Waals surface area contributed by atoms with Crippen molar-refractivity contribution in [2.45, 2.75) is 31.3 Å². The highest BCUT2D eigenvalue weighted by Gasteiger charge is 2.38. The zero-order valence-electron chi connectivity index (χ0n) is 22.7. The molecule has 5 aromatic carbocycles. The monoisotopic (exact) mass is 584 g/mol. The summed E-state index contributed by atoms with van der Waals surface area (Å²) in [7, 11) is -1.10. The molecule has 202 valence electrons. The molecule has 0 saturated heterocycles. The maximum Gasteiger partial charge on any atom is 0.126 e. The van der Waals surface area contributed by atoms with Crippen molar-refractivity contribution in [1.29, 1.82) is 0 Å². The Balaban J connectivity index is 1.64. The second kappa shape index (κ2) is 11.7. The summed E-state index contributed by atoms with van der Waals surface area (Å²) in [6.45, 7) is 6.50. The second-order valence-corrected chi connectivity index (χ2v) is 14.1. The molecule has 0 aliphatic carbocycles. The highest BCUT2D eigenvalue weighted by molar-refractivity contribution is 7.63. The Kier molecular flexibility index (Phi) is 8.24. The van der Waals surface area contributed by atoms with Gasteiger partial charge in [-0.25, -0.2) is 0 Å². The summed E-state index contributed by atoms with van der Waals surface area (Å²) >= 11 is 12.8. The third-order valence-electron chi connectivity index (χ3n) is 6.94. The van der Waals surface area contributed by atoms with Gasteiger partial charge in [-0.05, 0) is 64.7 Å². The molecule has 0 aliphatic rings. The molecular formula is C35H31Cl2O2P. The molecule has 1 atom stereocenters. The summed E-state index contributed by atoms with van der Waals surface area (Å²) in [6.07, 6.45) is 0. The Labute approximate surface area is 248 Å². The molecule has 40 heavy (non-hydrogen) atoms. The van der Waals surface area contributed by atoms with Crippen molar-refractivity contribution < 1.29 is 9.63 Å². The van der Waals surface area contributed by atoms with Gasteiger partial charge in [0.05, 0.1) is 10.4 Å². The number of benzene rings is 5. The first kappa shape index (κ1) is 28.2. The van der Waals surface area contributed by atoms with Gasteiger partial charge >= 0.3 is 0 Å². The maximum atomic E-state index is 10.1. The molecule has 0 spiro atoms. The van der Waals surface area contributed by atoms with Crippen LogP contribution in [0.3, 0.4) is 0 Å². The van der Waals surface area contributed by atoms with Crippen molar-refractivity contribution in [3.63, 3.8) is 0 Å². The average Bonchev–Trinajstić information content (AvgIpc) is 2.95. The second-order valence-electron chi connectivity index (χ2n) is 10.7. The molecule has 5 aromatic rings. The Bertz CT molecular complexity index is 1520. The first-order valence-corrected chi connectivity index (χ1v) is 15.2. The normalized spacial score (nSPS) is 12.6. The van der Waals surface area contributed by atoms with Gasteiger partial charge in [0.2, 0.25) is 0 Å². The van der Waals surface area contributed by atoms with Gasteiger partial charge in [0.25, 0.3) is 0 Å². The van der Waals surface area contributed by atoms with E-state index in [0.29, 0.717) is 10.0 Å². The van der Waals surface area contributed by atoms with Crippen molar-refractivity contribution in [3.05, 3.63) is 160 Å². The number of aromatic hydroxyl groups is 1. The number of halogens is 2. The number of phenolic OH excluding ortho intramolecular Hbond substituents is 1. The van der Waals surface area contributed by atoms with E-state index in [-0.39, 0.29) is 10.9 Å². The van der Waals surface area contributed by atoms with Crippen molar-refractivity contribution in [3.8, 4) is 11.5 Å². The van der Waals surface area contributed by atoms with Crippen molar-refractivity contribution in [2.24, 2.45) is 0 Å². The Hall–Kier alpha value is -3.29. The van der Waals surface area contributed by atoms with E-state index >= 15 is 0 Å². The molecule has 0 aliphatic heterocycles. The van der Waals surface area contributed by atoms with E-state index in [0.717, 1.165) is 33.3 Å². The summed E-state index contributed by atoms with van der Waals surface area (Å²) in [5.41, 5.74) is 3.80. The third-order valence-corrected chi connectivity index (χ3v) is 10.1. The quantitative estimate of drug-likeness (QED) is 0.152. The lowest BCUT2D eigenvalue weighted by molar-refractivity contribution is 0.475. The summed E-state index contributed by atoms with van der Waals surface area (Å²) in [5, 5.41) is 12.1. The number of phenols is 1. The van der Waals surface area contributed by atoms with Crippen LogP contribution in [0, 0.1) is 0 Å². The zero-order chi connectivity index (χ0) is 28.3. The van der Waals surface area contributed by atoms with Gasteiger partial charge in [0.15, 0.2) is 0 Å². The minimum absolute atomic E-state index is 0.157. The molecule has 1 N–H and O–H groups in total. The van der Waals surface area contributed by atoms with E-state index in [1.54, 1.807) is 18.2 Å². The van der Waals surface area contributed by atoms with Crippen molar-refractivity contribution >= 4 is 36.7 Å². The van der Waals surface area contributed by atoms with Gasteiger partial charge < -0.3 is 9.63 Å². The average molecular weight is 586 g/mol. The highest BCUT2D eigenvalue weighted by Crippen LogP contribution is 2.52. The minimum atomic E-state index is -1.10. The van der Waals surface area contributed by atoms with E-state index in [1.165, 1.54) is 0 Å². The molecule has 1 unspecified atom stereocenters. The SMILES string of the molecule is CC(C)(C)P(Oc1ccc(C(c2ccccc2)(c2ccccc2)c2ccc(O)cc2)cc1)c1ccc(Cl)cc1Cl. The lowest BCUT2D eigenvalue weighted by Gasteiger charge is -2.37. The predicted molar refractivity (Wildman–Crippen MR) is 170 cm³/mol. The minimum Gasteiger partial charge on any atom is -0.508 e. The van der Waals surface area contributed by atoms with Gasteiger partial charge in [-0.1, -0.05) is 129 Å². The lowest BCUT2D eigenvalue weighted by atomic mass is 9.65. The van der Waals surface area contributed by atoms with Crippen LogP contribution in [0.1, 0.15) is 43.0 Å². The fourth-order valence-electron chi connectivity index (χ4n) is 5.15. The molecule has 0 aromatic heterocycles. The highest BCUT2D eigenvalue weighted by atomic mass is 35.5. The van der Waals surface area contributed by atoms with Crippen LogP contribution in [0.4, 0.5) is 0 Å². The Morgan fingerprint density at radius 3 is 1.55 bits per heavy atom. The van der Waals surface area contributed by atoms with E-state index in [9.17, 15) is 5.11 Å². The van der Waals surface area contributed by atoms with Crippen LogP contribution >= 0.6 is 31.4 Å². The van der Waals surface area contributed by atoms with Crippen LogP contribution in [-0.4, -0.2) is 10.3 Å². The zero-order valence-corrected chi connectivity index (χ0v) is 25.1. The first-order valence-electron chi connectivity index (χ1n) is 13.1. The first-order chi connectivity index (χ1) is 19.2. The number of rotatable bonds is 7. The molecule has 0 bridgehead atoms. The summed E-state index contributed by atoms with van der Waals surface area (Å²) in [6, 6.07) is 42.4. The molecule has 0 fully saturated rings. The van der Waals surface area contributed by atoms with Crippen LogP contribution in [-0.2, 0) is 5.41 Å². The van der Waals surface area contributed by atoms with Crippen LogP contribution in [0.15, 0.2) is 127 Å². The smallest absolute Gasteiger partial charge is 0.126 e. The summed E-state index contributed by atoms with van der Waals surface area (Å²) in [4.78, 5) is 0. The van der Waals surface area contributed by atoms with Crippen LogP contribution in [0.5, 0.6) is 11.5 Å². The summed E-state index contributed by atoms with van der Waals surface area (Å²) in [5.74, 6) is 1.01. The van der Waals surface area contributed by atoms with E-state index in [4.69, 9.17) is 27.7 Å². The number of hydrogen-bond acceptors (Lipinski definition) is 2. The molecule has 5 rings (SSSR count). The van der Waals surface area contributed by atoms with Gasteiger partial charge in [-0.15, -0.1) is 0 Å². The maximum absolute atomic E-state index is 10.1. The molecule has 0 radical (unpaired) electrons. The Morgan fingerprint density at radius 1 is 0.600 bits per heavy atom. The van der Waals surface area contributed by atoms with E-state index in [1.807, 2.05) is 48.5 Å². The molecule has 2 nitrogen and oxygen atoms in total. The van der Waals surface area contributed by atoms with E-state index in [2.05, 4.69) is 81.4 Å². The Morgan fingerprint density at radius 2 is 1.07 bits per heavy atom. The topological polar surface area (TPSA) is 29.5 Å². The lowest BCUT2D eigenvalue weighted by Crippen LogP contribution is -2.31. The standard InChI is InChI=1S/C35H31Cl2O2P/c1-34(2,3)40(33-23-18-29(36)24-32(33)37)39-31-21-16-28(17-22-31)35(25-10-6-4-7-11-25,26-12-8-5-9-13-26)27-14-19-30(38)20-15-27/h4-24,38H,1-3H3. The van der Waals surface area contributed by atoms with Crippen LogP contribution in [0.25, 0.3) is 0 Å². The molecule has 0 saturated carbocycles. The van der Waals surface area contributed by atoms with Gasteiger partial charge in [-0.3, -0.25) is 0 Å². The van der Waals surface area contributed by atoms with Crippen molar-refractivity contribution in [1.82, 2.24) is 0 Å². The van der Waals surface area contributed by atoms with E-state index < -0.39 is 13.6 Å². The third kappa shape index (κ3) is 5.63. The van der Waals surface area contributed by atoms with Gasteiger partial charge in [0, 0.05) is 15.5 Å². The van der Waals surface area contributed by atoms with Gasteiger partial charge in [0.1, 0.15) is 19.6 Å². The molecule has 0 amide bonds. The fraction of sp³-hybridized carbons (Fsp3) is 0.143.